The standard InChI is InChI=1S/C19H24N2O6S2/c1-11-9-12(2)18(13(3)10-11)29(24,25)27-19-21(20-15(5)22)14(4)17(28-19)7-8-26-16(6)23/h9-10H,7-8H2,1-6H3/p+1. The van der Waals surface area contributed by atoms with Crippen molar-refractivity contribution in [3.63, 3.8) is 0 Å². The molecule has 158 valence electrons. The van der Waals surface area contributed by atoms with Gasteiger partial charge in [0, 0.05) is 27.2 Å². The molecule has 0 fully saturated rings. The van der Waals surface area contributed by atoms with Crippen molar-refractivity contribution < 1.29 is 31.6 Å². The molecule has 1 amide bonds. The predicted molar refractivity (Wildman–Crippen MR) is 108 cm³/mol. The number of thiazole rings is 1. The van der Waals surface area contributed by atoms with Crippen molar-refractivity contribution in [1.82, 2.24) is 0 Å². The SMILES string of the molecule is CC(=O)N[n+]1c(OS(=O)(=O)c2c(C)cc(C)cc2C)sc(CCOC(C)=O)c1C. The number of hydrogen-bond acceptors (Lipinski definition) is 7. The maximum atomic E-state index is 13.0. The van der Waals surface area contributed by atoms with E-state index in [0.29, 0.717) is 23.2 Å². The number of aromatic nitrogens is 1. The molecule has 0 atom stereocenters. The van der Waals surface area contributed by atoms with E-state index in [0.717, 1.165) is 21.8 Å². The fourth-order valence-corrected chi connectivity index (χ4v) is 5.61. The summed E-state index contributed by atoms with van der Waals surface area (Å²) in [4.78, 5) is 23.4. The van der Waals surface area contributed by atoms with Crippen molar-refractivity contribution in [2.75, 3.05) is 12.0 Å². The normalized spacial score (nSPS) is 11.2. The zero-order valence-corrected chi connectivity index (χ0v) is 18.9. The van der Waals surface area contributed by atoms with Gasteiger partial charge in [-0.15, -0.1) is 5.43 Å². The van der Waals surface area contributed by atoms with Gasteiger partial charge in [-0.3, -0.25) is 9.59 Å². The molecule has 2 aromatic rings. The lowest BCUT2D eigenvalue weighted by Gasteiger charge is -2.10. The molecule has 0 saturated heterocycles. The van der Waals surface area contributed by atoms with Gasteiger partial charge in [0.05, 0.1) is 11.5 Å². The van der Waals surface area contributed by atoms with Gasteiger partial charge in [-0.25, -0.2) is 0 Å². The van der Waals surface area contributed by atoms with Crippen molar-refractivity contribution >= 4 is 33.3 Å². The first-order valence-electron chi connectivity index (χ1n) is 8.90. The van der Waals surface area contributed by atoms with Crippen LogP contribution in [0.3, 0.4) is 0 Å². The topological polar surface area (TPSA) is 103 Å². The van der Waals surface area contributed by atoms with Crippen LogP contribution in [-0.4, -0.2) is 26.9 Å². The highest BCUT2D eigenvalue weighted by Gasteiger charge is 2.33. The fourth-order valence-electron chi connectivity index (χ4n) is 3.04. The molecule has 0 aliphatic carbocycles. The Balaban J connectivity index is 2.45. The van der Waals surface area contributed by atoms with Crippen LogP contribution in [0.4, 0.5) is 0 Å². The summed E-state index contributed by atoms with van der Waals surface area (Å²) in [5.74, 6) is -0.786. The monoisotopic (exact) mass is 441 g/mol. The maximum Gasteiger partial charge on any atom is 0.476 e. The van der Waals surface area contributed by atoms with Crippen LogP contribution < -0.4 is 14.3 Å². The molecule has 0 saturated carbocycles. The Bertz CT molecular complexity index is 1030. The van der Waals surface area contributed by atoms with Crippen LogP contribution in [0.5, 0.6) is 5.19 Å². The number of nitrogens with one attached hydrogen (secondary N) is 1. The van der Waals surface area contributed by atoms with Gasteiger partial charge in [0.25, 0.3) is 5.91 Å². The number of benzene rings is 1. The number of nitrogens with zero attached hydrogens (tertiary/aromatic N) is 1. The summed E-state index contributed by atoms with van der Waals surface area (Å²) in [5, 5.41) is -0.00472. The van der Waals surface area contributed by atoms with Gasteiger partial charge in [0.2, 0.25) is 5.69 Å². The van der Waals surface area contributed by atoms with Gasteiger partial charge >= 0.3 is 21.3 Å². The molecule has 0 aliphatic heterocycles. The number of carbonyl (C=O) groups excluding carboxylic acids is 2. The third-order valence-corrected chi connectivity index (χ3v) is 6.88. The Kier molecular flexibility index (Phi) is 7.02. The smallest absolute Gasteiger partial charge is 0.465 e. The molecule has 0 aliphatic rings. The van der Waals surface area contributed by atoms with Crippen LogP contribution in [0.25, 0.3) is 0 Å². The van der Waals surface area contributed by atoms with E-state index in [2.05, 4.69) is 5.43 Å². The van der Waals surface area contributed by atoms with Crippen LogP contribution in [0.1, 0.15) is 41.1 Å². The highest BCUT2D eigenvalue weighted by molar-refractivity contribution is 7.87. The number of aryl methyl sites for hydroxylation is 3. The number of amides is 1. The zero-order chi connectivity index (χ0) is 21.9. The summed E-state index contributed by atoms with van der Waals surface area (Å²) in [6, 6.07) is 3.55. The largest absolute Gasteiger partial charge is 0.476 e. The Morgan fingerprint density at radius 1 is 1.10 bits per heavy atom. The first kappa shape index (κ1) is 22.8. The first-order chi connectivity index (χ1) is 13.4. The quantitative estimate of drug-likeness (QED) is 0.402. The molecule has 0 bridgehead atoms. The minimum Gasteiger partial charge on any atom is -0.465 e. The predicted octanol–water partition coefficient (Wildman–Crippen LogP) is 2.23. The first-order valence-corrected chi connectivity index (χ1v) is 11.1. The fraction of sp³-hybridized carbons (Fsp3) is 0.421. The zero-order valence-electron chi connectivity index (χ0n) is 17.3. The molecular formula is C19H25N2O6S2+. The molecule has 1 N–H and O–H groups in total. The second kappa shape index (κ2) is 8.91. The third-order valence-electron chi connectivity index (χ3n) is 4.07. The molecule has 0 radical (unpaired) electrons. The lowest BCUT2D eigenvalue weighted by atomic mass is 10.1. The molecule has 1 aromatic heterocycles. The van der Waals surface area contributed by atoms with E-state index in [1.54, 1.807) is 32.9 Å². The van der Waals surface area contributed by atoms with E-state index in [1.807, 2.05) is 6.92 Å². The van der Waals surface area contributed by atoms with Gasteiger partial charge < -0.3 is 8.92 Å². The van der Waals surface area contributed by atoms with Gasteiger partial charge in [0.15, 0.2) is 0 Å². The second-order valence-electron chi connectivity index (χ2n) is 6.74. The van der Waals surface area contributed by atoms with Crippen molar-refractivity contribution in [3.8, 4) is 5.19 Å². The van der Waals surface area contributed by atoms with E-state index < -0.39 is 16.1 Å². The van der Waals surface area contributed by atoms with Crippen molar-refractivity contribution in [1.29, 1.82) is 0 Å². The van der Waals surface area contributed by atoms with Crippen LogP contribution in [0.2, 0.25) is 0 Å². The average molecular weight is 442 g/mol. The van der Waals surface area contributed by atoms with Crippen LogP contribution >= 0.6 is 11.3 Å². The van der Waals surface area contributed by atoms with Gasteiger partial charge in [-0.05, 0) is 47.9 Å². The highest BCUT2D eigenvalue weighted by atomic mass is 32.2. The molecular weight excluding hydrogens is 416 g/mol. The van der Waals surface area contributed by atoms with E-state index in [9.17, 15) is 18.0 Å². The molecule has 1 aromatic carbocycles. The number of ether oxygens (including phenoxy) is 1. The van der Waals surface area contributed by atoms with E-state index >= 15 is 0 Å². The summed E-state index contributed by atoms with van der Waals surface area (Å²) < 4.78 is 37.7. The minimum absolute atomic E-state index is 0.00472. The summed E-state index contributed by atoms with van der Waals surface area (Å²) in [5.41, 5.74) is 5.27. The average Bonchev–Trinajstić information content (AvgIpc) is 2.81. The lowest BCUT2D eigenvalue weighted by Crippen LogP contribution is -2.49. The summed E-state index contributed by atoms with van der Waals surface area (Å²) in [6.07, 6.45) is 0.363. The van der Waals surface area contributed by atoms with Gasteiger partial charge in [-0.1, -0.05) is 17.7 Å². The summed E-state index contributed by atoms with van der Waals surface area (Å²) in [7, 11) is -4.13. The highest BCUT2D eigenvalue weighted by Crippen LogP contribution is 2.29. The van der Waals surface area contributed by atoms with Gasteiger partial charge in [-0.2, -0.15) is 8.42 Å². The maximum absolute atomic E-state index is 13.0. The van der Waals surface area contributed by atoms with E-state index in [4.69, 9.17) is 8.92 Å². The summed E-state index contributed by atoms with van der Waals surface area (Å²) >= 11 is 1.07. The molecule has 0 unspecified atom stereocenters. The van der Waals surface area contributed by atoms with Crippen LogP contribution in [0.15, 0.2) is 17.0 Å². The molecule has 1 heterocycles. The third kappa shape index (κ3) is 5.54. The van der Waals surface area contributed by atoms with Crippen molar-refractivity contribution in [2.24, 2.45) is 0 Å². The molecule has 8 nitrogen and oxygen atoms in total. The molecule has 10 heteroatoms. The van der Waals surface area contributed by atoms with Crippen molar-refractivity contribution in [2.45, 2.75) is 52.9 Å². The van der Waals surface area contributed by atoms with E-state index in [1.165, 1.54) is 18.5 Å². The Morgan fingerprint density at radius 3 is 2.21 bits per heavy atom. The number of hydrogen-bond donors (Lipinski definition) is 1. The summed E-state index contributed by atoms with van der Waals surface area (Å²) in [6.45, 7) is 9.79. The molecule has 0 spiro atoms. The minimum atomic E-state index is -4.13. The van der Waals surface area contributed by atoms with Crippen molar-refractivity contribution in [3.05, 3.63) is 39.4 Å². The second-order valence-corrected chi connectivity index (χ2v) is 9.26. The number of esters is 1. The number of carbonyl (C=O) groups is 2. The number of rotatable bonds is 7. The molecule has 2 rings (SSSR count). The lowest BCUT2D eigenvalue weighted by molar-refractivity contribution is -0.647. The van der Waals surface area contributed by atoms with Crippen LogP contribution in [0, 0.1) is 27.7 Å². The molecule has 29 heavy (non-hydrogen) atoms. The Hall–Kier alpha value is -2.46. The Labute approximate surface area is 174 Å². The Morgan fingerprint density at radius 2 is 1.69 bits per heavy atom. The van der Waals surface area contributed by atoms with E-state index in [-0.39, 0.29) is 22.6 Å². The van der Waals surface area contributed by atoms with Gasteiger partial charge in [0.1, 0.15) is 4.90 Å². The van der Waals surface area contributed by atoms with Crippen LogP contribution in [-0.2, 0) is 30.9 Å².